The first-order valence-corrected chi connectivity index (χ1v) is 8.86. The van der Waals surface area contributed by atoms with E-state index in [1.165, 1.54) is 0 Å². The van der Waals surface area contributed by atoms with Gasteiger partial charge in [0.15, 0.2) is 5.58 Å². The van der Waals surface area contributed by atoms with Crippen molar-refractivity contribution in [2.45, 2.75) is 19.9 Å². The molecular weight excluding hydrogens is 358 g/mol. The Balaban J connectivity index is 1.60. The number of rotatable bonds is 5. The highest BCUT2D eigenvalue weighted by atomic mass is 16.5. The molecule has 0 aliphatic heterocycles. The van der Waals surface area contributed by atoms with Crippen LogP contribution in [0.4, 0.5) is 0 Å². The topological polar surface area (TPSA) is 83.3 Å². The third-order valence-corrected chi connectivity index (χ3v) is 4.36. The summed E-state index contributed by atoms with van der Waals surface area (Å²) in [7, 11) is 1.63. The Kier molecular flexibility index (Phi) is 4.57. The van der Waals surface area contributed by atoms with E-state index in [1.54, 1.807) is 23.8 Å². The number of fused-ring (bicyclic) bond motifs is 1. The smallest absolute Gasteiger partial charge is 0.420 e. The summed E-state index contributed by atoms with van der Waals surface area (Å²) >= 11 is 0. The van der Waals surface area contributed by atoms with E-state index in [-0.39, 0.29) is 11.8 Å². The van der Waals surface area contributed by atoms with E-state index in [2.05, 4.69) is 10.1 Å². The minimum Gasteiger partial charge on any atom is -0.497 e. The van der Waals surface area contributed by atoms with Crippen LogP contribution in [-0.2, 0) is 0 Å². The molecule has 0 bridgehead atoms. The fourth-order valence-electron chi connectivity index (χ4n) is 2.97. The number of methoxy groups -OCH3 is 1. The van der Waals surface area contributed by atoms with Crippen LogP contribution < -0.4 is 10.5 Å². The van der Waals surface area contributed by atoms with Crippen molar-refractivity contribution in [2.75, 3.05) is 7.11 Å². The van der Waals surface area contributed by atoms with Gasteiger partial charge in [-0.3, -0.25) is 4.57 Å². The molecule has 7 heteroatoms. The second-order valence-corrected chi connectivity index (χ2v) is 6.58. The normalized spacial score (nSPS) is 11.7. The van der Waals surface area contributed by atoms with Crippen LogP contribution in [0.3, 0.4) is 0 Å². The third kappa shape index (κ3) is 3.34. The van der Waals surface area contributed by atoms with Crippen LogP contribution in [0.25, 0.3) is 34.6 Å². The maximum Gasteiger partial charge on any atom is 0.420 e. The number of aromatic nitrogens is 3. The van der Waals surface area contributed by atoms with Crippen molar-refractivity contribution >= 4 is 23.3 Å². The Hall–Kier alpha value is -3.61. The largest absolute Gasteiger partial charge is 0.497 e. The molecule has 0 N–H and O–H groups in total. The summed E-state index contributed by atoms with van der Waals surface area (Å²) in [4.78, 5) is 16.4. The van der Waals surface area contributed by atoms with E-state index < -0.39 is 0 Å². The monoisotopic (exact) mass is 377 g/mol. The molecule has 0 spiro atoms. The maximum atomic E-state index is 12.0. The van der Waals surface area contributed by atoms with Crippen molar-refractivity contribution < 1.29 is 13.7 Å². The molecular formula is C21H19N3O4. The number of benzene rings is 2. The zero-order valence-corrected chi connectivity index (χ0v) is 15.7. The SMILES string of the molecule is COc1ccc(/C=C/c2nc(-c3ccc4c(c3)oc(=O)n4C(C)C)no2)cc1. The summed E-state index contributed by atoms with van der Waals surface area (Å²) in [5, 5.41) is 4.01. The first kappa shape index (κ1) is 17.8. The van der Waals surface area contributed by atoms with Gasteiger partial charge in [-0.05, 0) is 55.8 Å². The van der Waals surface area contributed by atoms with Gasteiger partial charge in [-0.25, -0.2) is 4.79 Å². The summed E-state index contributed by atoms with van der Waals surface area (Å²) in [5.74, 6) is 1.23. The Morgan fingerprint density at radius 2 is 1.89 bits per heavy atom. The van der Waals surface area contributed by atoms with Crippen LogP contribution in [0.15, 0.2) is 56.2 Å². The molecule has 0 saturated heterocycles. The molecule has 0 aliphatic carbocycles. The van der Waals surface area contributed by atoms with Crippen LogP contribution >= 0.6 is 0 Å². The fraction of sp³-hybridized carbons (Fsp3) is 0.190. The van der Waals surface area contributed by atoms with Crippen LogP contribution in [0.2, 0.25) is 0 Å². The lowest BCUT2D eigenvalue weighted by atomic mass is 10.2. The van der Waals surface area contributed by atoms with Gasteiger partial charge >= 0.3 is 5.76 Å². The lowest BCUT2D eigenvalue weighted by Gasteiger charge is -2.04. The number of oxazole rings is 1. The first-order chi connectivity index (χ1) is 13.5. The summed E-state index contributed by atoms with van der Waals surface area (Å²) in [6.45, 7) is 3.87. The van der Waals surface area contributed by atoms with Gasteiger partial charge < -0.3 is 13.7 Å². The molecule has 0 saturated carbocycles. The fourth-order valence-corrected chi connectivity index (χ4v) is 2.97. The summed E-state index contributed by atoms with van der Waals surface area (Å²) < 4.78 is 17.4. The van der Waals surface area contributed by atoms with Crippen molar-refractivity contribution in [1.29, 1.82) is 0 Å². The zero-order valence-electron chi connectivity index (χ0n) is 15.7. The predicted octanol–water partition coefficient (Wildman–Crippen LogP) is 4.40. The molecule has 142 valence electrons. The van der Waals surface area contributed by atoms with Gasteiger partial charge in [0.25, 0.3) is 5.89 Å². The summed E-state index contributed by atoms with van der Waals surface area (Å²) in [6.07, 6.45) is 3.62. The molecule has 4 rings (SSSR count). The van der Waals surface area contributed by atoms with E-state index in [0.29, 0.717) is 22.9 Å². The quantitative estimate of drug-likeness (QED) is 0.512. The molecule has 0 radical (unpaired) electrons. The summed E-state index contributed by atoms with van der Waals surface area (Å²) in [6, 6.07) is 13.1. The number of hydrogen-bond acceptors (Lipinski definition) is 6. The van der Waals surface area contributed by atoms with Crippen LogP contribution in [0.5, 0.6) is 5.75 Å². The predicted molar refractivity (Wildman–Crippen MR) is 106 cm³/mol. The van der Waals surface area contributed by atoms with Crippen molar-refractivity contribution in [3.05, 3.63) is 64.5 Å². The van der Waals surface area contributed by atoms with Gasteiger partial charge in [-0.1, -0.05) is 17.3 Å². The van der Waals surface area contributed by atoms with Crippen molar-refractivity contribution in [2.24, 2.45) is 0 Å². The van der Waals surface area contributed by atoms with Gasteiger partial charge in [-0.2, -0.15) is 4.98 Å². The molecule has 0 fully saturated rings. The van der Waals surface area contributed by atoms with Crippen LogP contribution in [-0.4, -0.2) is 21.8 Å². The van der Waals surface area contributed by atoms with Crippen molar-refractivity contribution in [1.82, 2.24) is 14.7 Å². The van der Waals surface area contributed by atoms with E-state index in [1.807, 2.05) is 56.3 Å². The molecule has 2 aromatic heterocycles. The second-order valence-electron chi connectivity index (χ2n) is 6.58. The van der Waals surface area contributed by atoms with Crippen LogP contribution in [0.1, 0.15) is 31.3 Å². The van der Waals surface area contributed by atoms with Crippen molar-refractivity contribution in [3.63, 3.8) is 0 Å². The van der Waals surface area contributed by atoms with E-state index >= 15 is 0 Å². The number of hydrogen-bond donors (Lipinski definition) is 0. The van der Waals surface area contributed by atoms with Gasteiger partial charge in [-0.15, -0.1) is 0 Å². The molecule has 0 amide bonds. The van der Waals surface area contributed by atoms with Gasteiger partial charge in [0.1, 0.15) is 5.75 Å². The Labute approximate surface area is 160 Å². The molecule has 0 aliphatic rings. The Morgan fingerprint density at radius 3 is 2.61 bits per heavy atom. The second kappa shape index (κ2) is 7.19. The minimum absolute atomic E-state index is 0.0134. The van der Waals surface area contributed by atoms with Gasteiger partial charge in [0, 0.05) is 17.7 Å². The van der Waals surface area contributed by atoms with E-state index in [9.17, 15) is 4.79 Å². The standard InChI is InChI=1S/C21H19N3O4/c1-13(2)24-17-10-7-15(12-18(17)27-21(24)25)20-22-19(28-23-20)11-6-14-4-8-16(26-3)9-5-14/h4-13H,1-3H3/b11-6+. The molecule has 7 nitrogen and oxygen atoms in total. The molecule has 4 aromatic rings. The lowest BCUT2D eigenvalue weighted by Crippen LogP contribution is -2.15. The molecule has 0 unspecified atom stereocenters. The molecule has 2 heterocycles. The molecule has 28 heavy (non-hydrogen) atoms. The number of nitrogens with zero attached hydrogens (tertiary/aromatic N) is 3. The molecule has 0 atom stereocenters. The van der Waals surface area contributed by atoms with E-state index in [0.717, 1.165) is 16.8 Å². The van der Waals surface area contributed by atoms with Crippen LogP contribution in [0, 0.1) is 0 Å². The molecule has 2 aromatic carbocycles. The maximum absolute atomic E-state index is 12.0. The number of ether oxygens (including phenoxy) is 1. The van der Waals surface area contributed by atoms with E-state index in [4.69, 9.17) is 13.7 Å². The van der Waals surface area contributed by atoms with Gasteiger partial charge in [0.05, 0.1) is 12.6 Å². The average molecular weight is 377 g/mol. The average Bonchev–Trinajstić information content (AvgIpc) is 3.29. The highest BCUT2D eigenvalue weighted by molar-refractivity contribution is 5.79. The lowest BCUT2D eigenvalue weighted by molar-refractivity contribution is 0.411. The highest BCUT2D eigenvalue weighted by Crippen LogP contribution is 2.24. The Morgan fingerprint density at radius 1 is 1.11 bits per heavy atom. The third-order valence-electron chi connectivity index (χ3n) is 4.36. The highest BCUT2D eigenvalue weighted by Gasteiger charge is 2.14. The zero-order chi connectivity index (χ0) is 19.7. The Bertz CT molecular complexity index is 1200. The summed E-state index contributed by atoms with van der Waals surface area (Å²) in [5.41, 5.74) is 2.94. The van der Waals surface area contributed by atoms with Gasteiger partial charge in [0.2, 0.25) is 5.82 Å². The first-order valence-electron chi connectivity index (χ1n) is 8.86. The minimum atomic E-state index is -0.377. The van der Waals surface area contributed by atoms with Crippen molar-refractivity contribution in [3.8, 4) is 17.1 Å².